The number of halogens is 1. The Bertz CT molecular complexity index is 1200. The van der Waals surface area contributed by atoms with Gasteiger partial charge in [0, 0.05) is 29.7 Å². The molecule has 2 heterocycles. The van der Waals surface area contributed by atoms with Crippen LogP contribution in [0.2, 0.25) is 0 Å². The molecule has 1 N–H and O–H groups in total. The van der Waals surface area contributed by atoms with Crippen molar-refractivity contribution in [1.82, 2.24) is 19.7 Å². The maximum atomic E-state index is 13.1. The first-order valence-corrected chi connectivity index (χ1v) is 10.5. The highest BCUT2D eigenvalue weighted by atomic mass is 32.1. The summed E-state index contributed by atoms with van der Waals surface area (Å²) in [6, 6.07) is 16.6. The molecule has 2 aromatic heterocycles. The van der Waals surface area contributed by atoms with Gasteiger partial charge in [0.05, 0.1) is 19.3 Å². The highest BCUT2D eigenvalue weighted by Crippen LogP contribution is 2.33. The Hall–Kier alpha value is -3.85. The number of nitrogens with one attached hydrogen (secondary N) is 1. The van der Waals surface area contributed by atoms with Crippen molar-refractivity contribution in [3.05, 3.63) is 95.3 Å². The van der Waals surface area contributed by atoms with Crippen molar-refractivity contribution in [3.8, 4) is 16.7 Å². The molecule has 2 aromatic carbocycles. The zero-order valence-electron chi connectivity index (χ0n) is 17.1. The number of nitrogens with zero attached hydrogens (tertiary/aromatic N) is 3. The fourth-order valence-electron chi connectivity index (χ4n) is 2.90. The molecule has 0 spiro atoms. The highest BCUT2D eigenvalue weighted by Gasteiger charge is 2.15. The number of benzene rings is 2. The predicted octanol–water partition coefficient (Wildman–Crippen LogP) is 4.39. The fourth-order valence-corrected chi connectivity index (χ4v) is 3.47. The minimum atomic E-state index is -0.292. The van der Waals surface area contributed by atoms with Crippen LogP contribution in [-0.2, 0) is 13.0 Å². The second-order valence-corrected chi connectivity index (χ2v) is 7.47. The van der Waals surface area contributed by atoms with E-state index in [1.54, 1.807) is 36.5 Å². The summed E-state index contributed by atoms with van der Waals surface area (Å²) in [5.74, 6) is 0.807. The van der Waals surface area contributed by atoms with Crippen LogP contribution in [0, 0.1) is 5.82 Å². The summed E-state index contributed by atoms with van der Waals surface area (Å²) < 4.78 is 28.6. The number of aromatic nitrogens is 3. The Kier molecular flexibility index (Phi) is 6.66. The number of carbonyl (C=O) groups is 1. The van der Waals surface area contributed by atoms with Gasteiger partial charge in [0.25, 0.3) is 11.1 Å². The number of hydrogen-bond donors (Lipinski definition) is 1. The summed E-state index contributed by atoms with van der Waals surface area (Å²) in [5.41, 5.74) is 2.06. The molecular formula is C23H19FN4O3S. The van der Waals surface area contributed by atoms with Gasteiger partial charge >= 0.3 is 0 Å². The average molecular weight is 450 g/mol. The summed E-state index contributed by atoms with van der Waals surface area (Å²) in [5, 5.41) is 3.14. The van der Waals surface area contributed by atoms with Crippen LogP contribution in [0.25, 0.3) is 0 Å². The van der Waals surface area contributed by atoms with Crippen molar-refractivity contribution in [2.24, 2.45) is 0 Å². The molecule has 0 saturated heterocycles. The van der Waals surface area contributed by atoms with Crippen LogP contribution < -0.4 is 14.8 Å². The molecular weight excluding hydrogens is 431 g/mol. The Morgan fingerprint density at radius 1 is 1.09 bits per heavy atom. The average Bonchev–Trinajstić information content (AvgIpc) is 3.26. The van der Waals surface area contributed by atoms with Crippen molar-refractivity contribution in [3.63, 3.8) is 0 Å². The van der Waals surface area contributed by atoms with Gasteiger partial charge in [-0.1, -0.05) is 18.2 Å². The molecule has 4 aromatic rings. The maximum Gasteiger partial charge on any atom is 0.298 e. The van der Waals surface area contributed by atoms with Crippen LogP contribution in [0.4, 0.5) is 4.39 Å². The maximum absolute atomic E-state index is 13.1. The molecule has 0 radical (unpaired) electrons. The lowest BCUT2D eigenvalue weighted by Gasteiger charge is -2.10. The SMILES string of the molecule is COc1ccc(C(=O)NCc2ccccn2)cc1Oc1nc(Cc2ccc(F)cc2)ns1. The van der Waals surface area contributed by atoms with E-state index >= 15 is 0 Å². The number of pyridine rings is 1. The molecule has 0 aliphatic carbocycles. The van der Waals surface area contributed by atoms with Gasteiger partial charge < -0.3 is 14.8 Å². The van der Waals surface area contributed by atoms with Crippen LogP contribution in [0.15, 0.2) is 66.9 Å². The second kappa shape index (κ2) is 9.97. The van der Waals surface area contributed by atoms with E-state index in [0.717, 1.165) is 22.8 Å². The molecule has 0 fully saturated rings. The van der Waals surface area contributed by atoms with E-state index in [9.17, 15) is 9.18 Å². The van der Waals surface area contributed by atoms with Crippen molar-refractivity contribution >= 4 is 17.4 Å². The standard InChI is InChI=1S/C23H19FN4O3S/c1-30-19-10-7-16(22(29)26-14-18-4-2-3-11-25-18)13-20(19)31-23-27-21(28-32-23)12-15-5-8-17(24)9-6-15/h2-11,13H,12,14H2,1H3,(H,26,29). The van der Waals surface area contributed by atoms with Crippen molar-refractivity contribution in [2.45, 2.75) is 13.0 Å². The Morgan fingerprint density at radius 3 is 2.69 bits per heavy atom. The van der Waals surface area contributed by atoms with Gasteiger partial charge in [0.1, 0.15) is 5.82 Å². The first-order valence-electron chi connectivity index (χ1n) is 9.72. The van der Waals surface area contributed by atoms with Crippen LogP contribution in [-0.4, -0.2) is 27.4 Å². The van der Waals surface area contributed by atoms with E-state index in [-0.39, 0.29) is 11.7 Å². The van der Waals surface area contributed by atoms with Gasteiger partial charge in [-0.15, -0.1) is 0 Å². The molecule has 0 unspecified atom stereocenters. The number of rotatable bonds is 8. The van der Waals surface area contributed by atoms with Gasteiger partial charge in [-0.2, -0.15) is 9.36 Å². The monoisotopic (exact) mass is 450 g/mol. The van der Waals surface area contributed by atoms with Gasteiger partial charge in [-0.05, 0) is 48.0 Å². The molecule has 162 valence electrons. The minimum absolute atomic E-state index is 0.266. The Balaban J connectivity index is 1.45. The molecule has 4 rings (SSSR count). The van der Waals surface area contributed by atoms with Crippen LogP contribution in [0.1, 0.15) is 27.4 Å². The summed E-state index contributed by atoms with van der Waals surface area (Å²) in [6.45, 7) is 0.311. The first kappa shape index (κ1) is 21.4. The van der Waals surface area contributed by atoms with Gasteiger partial charge in [-0.25, -0.2) is 4.39 Å². The largest absolute Gasteiger partial charge is 0.493 e. The minimum Gasteiger partial charge on any atom is -0.493 e. The molecule has 0 saturated carbocycles. The van der Waals surface area contributed by atoms with Gasteiger partial charge in [0.2, 0.25) is 0 Å². The quantitative estimate of drug-likeness (QED) is 0.428. The third-order valence-electron chi connectivity index (χ3n) is 4.50. The topological polar surface area (TPSA) is 86.2 Å². The van der Waals surface area contributed by atoms with E-state index < -0.39 is 0 Å². The highest BCUT2D eigenvalue weighted by molar-refractivity contribution is 7.07. The smallest absolute Gasteiger partial charge is 0.298 e. The Morgan fingerprint density at radius 2 is 1.94 bits per heavy atom. The predicted molar refractivity (Wildman–Crippen MR) is 118 cm³/mol. The number of amides is 1. The number of methoxy groups -OCH3 is 1. The van der Waals surface area contributed by atoms with E-state index in [1.807, 2.05) is 18.2 Å². The molecule has 7 nitrogen and oxygen atoms in total. The first-order chi connectivity index (χ1) is 15.6. The van der Waals surface area contributed by atoms with Crippen LogP contribution >= 0.6 is 11.5 Å². The molecule has 0 aliphatic rings. The van der Waals surface area contributed by atoms with Gasteiger partial charge in [0.15, 0.2) is 17.3 Å². The van der Waals surface area contributed by atoms with E-state index in [1.165, 1.54) is 19.2 Å². The number of ether oxygens (including phenoxy) is 2. The molecule has 32 heavy (non-hydrogen) atoms. The van der Waals surface area contributed by atoms with E-state index in [2.05, 4.69) is 19.7 Å². The lowest BCUT2D eigenvalue weighted by atomic mass is 10.1. The van der Waals surface area contributed by atoms with Crippen LogP contribution in [0.3, 0.4) is 0 Å². The molecule has 1 amide bonds. The lowest BCUT2D eigenvalue weighted by molar-refractivity contribution is 0.0950. The number of hydrogen-bond acceptors (Lipinski definition) is 7. The zero-order valence-corrected chi connectivity index (χ0v) is 17.9. The lowest BCUT2D eigenvalue weighted by Crippen LogP contribution is -2.23. The van der Waals surface area contributed by atoms with Gasteiger partial charge in [-0.3, -0.25) is 9.78 Å². The normalized spacial score (nSPS) is 10.6. The molecule has 0 aliphatic heterocycles. The second-order valence-electron chi connectivity index (χ2n) is 6.75. The fraction of sp³-hybridized carbons (Fsp3) is 0.130. The van der Waals surface area contributed by atoms with E-state index in [0.29, 0.717) is 41.0 Å². The third kappa shape index (κ3) is 5.44. The summed E-state index contributed by atoms with van der Waals surface area (Å²) in [7, 11) is 1.52. The Labute approximate surface area is 188 Å². The summed E-state index contributed by atoms with van der Waals surface area (Å²) in [6.07, 6.45) is 2.13. The molecule has 9 heteroatoms. The van der Waals surface area contributed by atoms with Crippen LogP contribution in [0.5, 0.6) is 16.7 Å². The molecule has 0 bridgehead atoms. The zero-order chi connectivity index (χ0) is 22.3. The van der Waals surface area contributed by atoms with Crippen molar-refractivity contribution in [2.75, 3.05) is 7.11 Å². The van der Waals surface area contributed by atoms with Crippen molar-refractivity contribution < 1.29 is 18.7 Å². The van der Waals surface area contributed by atoms with Crippen molar-refractivity contribution in [1.29, 1.82) is 0 Å². The van der Waals surface area contributed by atoms with E-state index in [4.69, 9.17) is 9.47 Å². The summed E-state index contributed by atoms with van der Waals surface area (Å²) in [4.78, 5) is 21.1. The third-order valence-corrected chi connectivity index (χ3v) is 5.14. The molecule has 0 atom stereocenters. The number of carbonyl (C=O) groups excluding carboxylic acids is 1. The summed E-state index contributed by atoms with van der Waals surface area (Å²) >= 11 is 1.09.